The predicted molar refractivity (Wildman–Crippen MR) is 111 cm³/mol. The monoisotopic (exact) mass is 451 g/mol. The smallest absolute Gasteiger partial charge is 0.381 e. The van der Waals surface area contributed by atoms with Crippen LogP contribution >= 0.6 is 22.9 Å². The van der Waals surface area contributed by atoms with Crippen molar-refractivity contribution >= 4 is 39.7 Å². The Morgan fingerprint density at radius 3 is 2.83 bits per heavy atom. The van der Waals surface area contributed by atoms with Gasteiger partial charge in [0.15, 0.2) is 10.8 Å². The number of nitrogens with zero attached hydrogens (tertiary/aromatic N) is 3. The molecule has 3 aromatic rings. The maximum absolute atomic E-state index is 12.6. The molecule has 0 aliphatic heterocycles. The summed E-state index contributed by atoms with van der Waals surface area (Å²) in [6.07, 6.45) is 2.67. The van der Waals surface area contributed by atoms with Gasteiger partial charge in [-0.1, -0.05) is 22.9 Å². The first-order valence-electron chi connectivity index (χ1n) is 9.00. The van der Waals surface area contributed by atoms with Gasteiger partial charge >= 0.3 is 5.63 Å². The van der Waals surface area contributed by atoms with Gasteiger partial charge in [0.25, 0.3) is 5.91 Å². The highest BCUT2D eigenvalue weighted by Gasteiger charge is 2.30. The van der Waals surface area contributed by atoms with Gasteiger partial charge in [-0.05, 0) is 18.9 Å². The van der Waals surface area contributed by atoms with Crippen molar-refractivity contribution in [2.24, 2.45) is 7.05 Å². The van der Waals surface area contributed by atoms with Crippen molar-refractivity contribution < 1.29 is 19.1 Å². The number of aliphatic hydroxyl groups excluding tert-OH is 1. The molecule has 3 aromatic heterocycles. The molecule has 12 heteroatoms. The number of nitrogens with one attached hydrogen (secondary N) is 2. The maximum Gasteiger partial charge on any atom is 0.381 e. The molecule has 158 valence electrons. The number of aliphatic hydroxyl groups is 1. The number of halogens is 1. The Labute approximate surface area is 179 Å². The predicted octanol–water partition coefficient (Wildman–Crippen LogP) is 2.35. The molecular weight excluding hydrogens is 434 g/mol. The molecule has 1 aliphatic rings. The molecule has 3 N–H and O–H groups in total. The van der Waals surface area contributed by atoms with Crippen LogP contribution in [0, 0.1) is 0 Å². The normalized spacial score (nSPS) is 18.0. The first-order valence-corrected chi connectivity index (χ1v) is 10.2. The van der Waals surface area contributed by atoms with Crippen LogP contribution in [0.15, 0.2) is 27.5 Å². The minimum Gasteiger partial charge on any atom is -0.488 e. The number of carbonyl (C=O) groups is 1. The van der Waals surface area contributed by atoms with E-state index >= 15 is 0 Å². The van der Waals surface area contributed by atoms with Gasteiger partial charge in [0.2, 0.25) is 10.9 Å². The second-order valence-electron chi connectivity index (χ2n) is 6.73. The third-order valence-electron chi connectivity index (χ3n) is 4.79. The van der Waals surface area contributed by atoms with Crippen LogP contribution in [0.4, 0.5) is 10.8 Å². The molecule has 1 saturated carbocycles. The summed E-state index contributed by atoms with van der Waals surface area (Å²) >= 11 is 7.30. The fourth-order valence-electron chi connectivity index (χ4n) is 3.03. The van der Waals surface area contributed by atoms with Crippen LogP contribution in [0.1, 0.15) is 23.4 Å². The molecule has 10 nitrogen and oxygen atoms in total. The quantitative estimate of drug-likeness (QED) is 0.520. The summed E-state index contributed by atoms with van der Waals surface area (Å²) in [6, 6.07) is 2.87. The molecule has 1 aliphatic carbocycles. The van der Waals surface area contributed by atoms with Crippen molar-refractivity contribution in [3.05, 3.63) is 39.5 Å². The van der Waals surface area contributed by atoms with Crippen molar-refractivity contribution in [2.45, 2.75) is 25.0 Å². The van der Waals surface area contributed by atoms with Crippen LogP contribution in [0.3, 0.4) is 0 Å². The van der Waals surface area contributed by atoms with E-state index in [1.165, 1.54) is 13.2 Å². The van der Waals surface area contributed by atoms with Crippen LogP contribution in [-0.2, 0) is 7.05 Å². The van der Waals surface area contributed by atoms with Crippen molar-refractivity contribution in [1.29, 1.82) is 0 Å². The van der Waals surface area contributed by atoms with Crippen molar-refractivity contribution in [2.75, 3.05) is 17.7 Å². The number of aryl methyl sites for hydroxylation is 1. The molecule has 0 aromatic carbocycles. The van der Waals surface area contributed by atoms with Gasteiger partial charge in [0.1, 0.15) is 0 Å². The van der Waals surface area contributed by atoms with Gasteiger partial charge in [-0.3, -0.25) is 10.1 Å². The van der Waals surface area contributed by atoms with Gasteiger partial charge in [-0.2, -0.15) is 0 Å². The van der Waals surface area contributed by atoms with Gasteiger partial charge in [0, 0.05) is 19.3 Å². The van der Waals surface area contributed by atoms with E-state index in [2.05, 4.69) is 20.8 Å². The summed E-state index contributed by atoms with van der Waals surface area (Å²) < 4.78 is 12.0. The van der Waals surface area contributed by atoms with E-state index < -0.39 is 17.6 Å². The van der Waals surface area contributed by atoms with Crippen LogP contribution in [0.25, 0.3) is 10.7 Å². The van der Waals surface area contributed by atoms with Gasteiger partial charge in [-0.15, -0.1) is 10.2 Å². The lowest BCUT2D eigenvalue weighted by Gasteiger charge is -2.34. The van der Waals surface area contributed by atoms with E-state index in [1.54, 1.807) is 16.8 Å². The Kier molecular flexibility index (Phi) is 5.50. The topological polar surface area (TPSA) is 132 Å². The molecule has 0 unspecified atom stereocenters. The molecule has 0 spiro atoms. The summed E-state index contributed by atoms with van der Waals surface area (Å²) in [5.74, 6) is -0.972. The first-order chi connectivity index (χ1) is 14.4. The van der Waals surface area contributed by atoms with E-state index in [0.29, 0.717) is 22.1 Å². The Morgan fingerprint density at radius 1 is 1.43 bits per heavy atom. The highest BCUT2D eigenvalue weighted by Crippen LogP contribution is 2.33. The lowest BCUT2D eigenvalue weighted by atomic mass is 9.89. The van der Waals surface area contributed by atoms with E-state index in [0.717, 1.165) is 17.8 Å². The summed E-state index contributed by atoms with van der Waals surface area (Å²) in [5, 5.41) is 24.6. The Balaban J connectivity index is 1.56. The second kappa shape index (κ2) is 8.09. The van der Waals surface area contributed by atoms with E-state index in [1.807, 2.05) is 7.05 Å². The van der Waals surface area contributed by atoms with Gasteiger partial charge in [0.05, 0.1) is 35.7 Å². The largest absolute Gasteiger partial charge is 0.488 e. The van der Waals surface area contributed by atoms with Crippen molar-refractivity contribution in [3.63, 3.8) is 0 Å². The molecule has 1 amide bonds. The fraction of sp³-hybridized carbons (Fsp3) is 0.333. The summed E-state index contributed by atoms with van der Waals surface area (Å²) in [4.78, 5) is 24.9. The van der Waals surface area contributed by atoms with Crippen LogP contribution < -0.4 is 21.0 Å². The minimum atomic E-state index is -0.810. The molecule has 4 rings (SSSR count). The summed E-state index contributed by atoms with van der Waals surface area (Å²) in [7, 11) is 3.15. The van der Waals surface area contributed by atoms with E-state index in [-0.39, 0.29) is 28.4 Å². The highest BCUT2D eigenvalue weighted by molar-refractivity contribution is 7.18. The fourth-order valence-corrected chi connectivity index (χ4v) is 4.20. The van der Waals surface area contributed by atoms with Crippen molar-refractivity contribution in [1.82, 2.24) is 14.8 Å². The standard InChI is InChI=1S/C18H18ClN5O5S/c1-24-6-5-8(19)13(24)16-22-23-18(30-16)21-15(26)12-7-10(14(28-2)17(27)29-12)20-9-3-4-11(9)25/h5-7,9,11,20,25H,3-4H2,1-2H3,(H,21,23,26)/t9-,11+/m0/s1. The molecular formula is C18H18ClN5O5S. The van der Waals surface area contributed by atoms with Crippen LogP contribution in [0.5, 0.6) is 5.75 Å². The molecule has 3 heterocycles. The Bertz CT molecular complexity index is 1140. The van der Waals surface area contributed by atoms with Crippen molar-refractivity contribution in [3.8, 4) is 16.5 Å². The molecule has 0 bridgehead atoms. The van der Waals surface area contributed by atoms with Crippen LogP contribution in [-0.4, -0.2) is 45.0 Å². The molecule has 2 atom stereocenters. The number of aromatic nitrogens is 3. The SMILES string of the molecule is COc1c(N[C@H]2CC[C@H]2O)cc(C(=O)Nc2nnc(-c3c(Cl)ccn3C)s2)oc1=O. The number of carbonyl (C=O) groups excluding carboxylic acids is 1. The lowest BCUT2D eigenvalue weighted by molar-refractivity contribution is 0.0784. The maximum atomic E-state index is 12.6. The summed E-state index contributed by atoms with van der Waals surface area (Å²) in [6.45, 7) is 0. The molecule has 0 radical (unpaired) electrons. The average molecular weight is 452 g/mol. The number of rotatable bonds is 6. The van der Waals surface area contributed by atoms with Gasteiger partial charge < -0.3 is 24.1 Å². The third kappa shape index (κ3) is 3.78. The first kappa shape index (κ1) is 20.4. The Hall–Kier alpha value is -2.89. The number of hydrogen-bond acceptors (Lipinski definition) is 9. The zero-order chi connectivity index (χ0) is 21.4. The minimum absolute atomic E-state index is 0.0674. The van der Waals surface area contributed by atoms with E-state index in [4.69, 9.17) is 20.8 Å². The highest BCUT2D eigenvalue weighted by atomic mass is 35.5. The van der Waals surface area contributed by atoms with E-state index in [9.17, 15) is 14.7 Å². The summed E-state index contributed by atoms with van der Waals surface area (Å²) in [5.41, 5.74) is 0.141. The lowest BCUT2D eigenvalue weighted by Crippen LogP contribution is -2.43. The molecule has 30 heavy (non-hydrogen) atoms. The zero-order valence-corrected chi connectivity index (χ0v) is 17.6. The Morgan fingerprint density at radius 2 is 2.23 bits per heavy atom. The molecule has 1 fully saturated rings. The average Bonchev–Trinajstić information content (AvgIpc) is 3.30. The number of anilines is 2. The number of hydrogen-bond donors (Lipinski definition) is 3. The van der Waals surface area contributed by atoms with Crippen LogP contribution in [0.2, 0.25) is 5.02 Å². The zero-order valence-electron chi connectivity index (χ0n) is 16.0. The number of amides is 1. The van der Waals surface area contributed by atoms with Gasteiger partial charge in [-0.25, -0.2) is 4.79 Å². The second-order valence-corrected chi connectivity index (χ2v) is 8.11. The number of ether oxygens (including phenoxy) is 1. The number of methoxy groups -OCH3 is 1. The third-order valence-corrected chi connectivity index (χ3v) is 5.94. The molecule has 0 saturated heterocycles.